The van der Waals surface area contributed by atoms with Gasteiger partial charge in [-0.1, -0.05) is 25.5 Å². The van der Waals surface area contributed by atoms with Crippen LogP contribution in [-0.4, -0.2) is 19.1 Å². The van der Waals surface area contributed by atoms with E-state index >= 15 is 0 Å². The van der Waals surface area contributed by atoms with Crippen LogP contribution in [0.3, 0.4) is 0 Å². The molecule has 1 aliphatic heterocycles. The third kappa shape index (κ3) is 3.22. The smallest absolute Gasteiger partial charge is 0.255 e. The first-order valence-corrected chi connectivity index (χ1v) is 7.56. The normalized spacial score (nSPS) is 12.8. The number of carbonyl (C=O) groups is 1. The van der Waals surface area contributed by atoms with Crippen LogP contribution in [-0.2, 0) is 6.42 Å². The minimum Gasteiger partial charge on any atom is -0.486 e. The van der Waals surface area contributed by atoms with E-state index in [1.807, 2.05) is 24.3 Å². The van der Waals surface area contributed by atoms with E-state index in [-0.39, 0.29) is 5.91 Å². The van der Waals surface area contributed by atoms with Gasteiger partial charge in [-0.15, -0.1) is 0 Å². The zero-order chi connectivity index (χ0) is 15.4. The Hall–Kier alpha value is -2.49. The molecule has 0 aliphatic carbocycles. The number of rotatable bonds is 4. The Bertz CT molecular complexity index is 665. The summed E-state index contributed by atoms with van der Waals surface area (Å²) in [6.45, 7) is 3.21. The van der Waals surface area contributed by atoms with Gasteiger partial charge in [-0.3, -0.25) is 4.79 Å². The molecule has 2 aromatic rings. The maximum Gasteiger partial charge on any atom is 0.255 e. The van der Waals surface area contributed by atoms with E-state index in [0.29, 0.717) is 30.3 Å². The molecule has 0 spiro atoms. The standard InChI is InChI=1S/C18H19NO3/c1-2-3-13-4-7-15(8-5-13)19-18(20)14-6-9-16-17(12-14)22-11-10-21-16/h4-9,12H,2-3,10-11H2,1H3,(H,19,20). The second-order valence-electron chi connectivity index (χ2n) is 5.26. The van der Waals surface area contributed by atoms with E-state index in [4.69, 9.17) is 9.47 Å². The molecular weight excluding hydrogens is 278 g/mol. The highest BCUT2D eigenvalue weighted by atomic mass is 16.6. The molecule has 0 saturated carbocycles. The molecule has 0 unspecified atom stereocenters. The van der Waals surface area contributed by atoms with Crippen molar-refractivity contribution in [2.45, 2.75) is 19.8 Å². The van der Waals surface area contributed by atoms with Gasteiger partial charge in [0.15, 0.2) is 11.5 Å². The van der Waals surface area contributed by atoms with Crippen LogP contribution >= 0.6 is 0 Å². The maximum atomic E-state index is 12.3. The molecule has 0 bridgehead atoms. The van der Waals surface area contributed by atoms with Crippen molar-refractivity contribution in [2.24, 2.45) is 0 Å². The van der Waals surface area contributed by atoms with Gasteiger partial charge >= 0.3 is 0 Å². The number of anilines is 1. The van der Waals surface area contributed by atoms with E-state index in [1.54, 1.807) is 18.2 Å². The number of amides is 1. The Morgan fingerprint density at radius 3 is 2.50 bits per heavy atom. The highest BCUT2D eigenvalue weighted by molar-refractivity contribution is 6.04. The van der Waals surface area contributed by atoms with Crippen LogP contribution in [0.5, 0.6) is 11.5 Å². The minimum atomic E-state index is -0.153. The summed E-state index contributed by atoms with van der Waals surface area (Å²) in [5, 5.41) is 2.90. The van der Waals surface area contributed by atoms with Crippen molar-refractivity contribution < 1.29 is 14.3 Å². The van der Waals surface area contributed by atoms with Crippen LogP contribution in [0.4, 0.5) is 5.69 Å². The molecule has 1 aliphatic rings. The lowest BCUT2D eigenvalue weighted by atomic mass is 10.1. The van der Waals surface area contributed by atoms with Gasteiger partial charge in [-0.25, -0.2) is 0 Å². The van der Waals surface area contributed by atoms with Gasteiger partial charge in [0.2, 0.25) is 0 Å². The van der Waals surface area contributed by atoms with Crippen molar-refractivity contribution in [2.75, 3.05) is 18.5 Å². The molecule has 0 radical (unpaired) electrons. The molecule has 4 nitrogen and oxygen atoms in total. The predicted octanol–water partition coefficient (Wildman–Crippen LogP) is 3.66. The van der Waals surface area contributed by atoms with Crippen molar-refractivity contribution >= 4 is 11.6 Å². The van der Waals surface area contributed by atoms with Gasteiger partial charge in [0.05, 0.1) is 0 Å². The van der Waals surface area contributed by atoms with Crippen molar-refractivity contribution in [3.63, 3.8) is 0 Å². The minimum absolute atomic E-state index is 0.153. The molecule has 22 heavy (non-hydrogen) atoms. The molecule has 4 heteroatoms. The third-order valence-electron chi connectivity index (χ3n) is 3.55. The van der Waals surface area contributed by atoms with Crippen molar-refractivity contribution in [3.8, 4) is 11.5 Å². The molecule has 114 valence electrons. The number of hydrogen-bond donors (Lipinski definition) is 1. The molecule has 0 atom stereocenters. The topological polar surface area (TPSA) is 47.6 Å². The zero-order valence-corrected chi connectivity index (χ0v) is 12.6. The first kappa shape index (κ1) is 14.4. The van der Waals surface area contributed by atoms with E-state index in [0.717, 1.165) is 18.5 Å². The second kappa shape index (κ2) is 6.52. The van der Waals surface area contributed by atoms with Gasteiger partial charge in [0.25, 0.3) is 5.91 Å². The monoisotopic (exact) mass is 297 g/mol. The number of fused-ring (bicyclic) bond motifs is 1. The van der Waals surface area contributed by atoms with Gasteiger partial charge in [-0.05, 0) is 42.3 Å². The van der Waals surface area contributed by atoms with Gasteiger partial charge in [0, 0.05) is 11.3 Å². The summed E-state index contributed by atoms with van der Waals surface area (Å²) >= 11 is 0. The Labute approximate surface area is 130 Å². The van der Waals surface area contributed by atoms with E-state index in [1.165, 1.54) is 5.56 Å². The summed E-state index contributed by atoms with van der Waals surface area (Å²) in [5.74, 6) is 1.16. The van der Waals surface area contributed by atoms with Crippen LogP contribution in [0.2, 0.25) is 0 Å². The number of nitrogens with one attached hydrogen (secondary N) is 1. The first-order chi connectivity index (χ1) is 10.8. The van der Waals surface area contributed by atoms with E-state index in [9.17, 15) is 4.79 Å². The fraction of sp³-hybridized carbons (Fsp3) is 0.278. The fourth-order valence-corrected chi connectivity index (χ4v) is 2.43. The average molecular weight is 297 g/mol. The van der Waals surface area contributed by atoms with Crippen LogP contribution < -0.4 is 14.8 Å². The largest absolute Gasteiger partial charge is 0.486 e. The molecule has 0 saturated heterocycles. The van der Waals surface area contributed by atoms with Crippen LogP contribution in [0.15, 0.2) is 42.5 Å². The first-order valence-electron chi connectivity index (χ1n) is 7.56. The van der Waals surface area contributed by atoms with Crippen LogP contribution in [0, 0.1) is 0 Å². The zero-order valence-electron chi connectivity index (χ0n) is 12.6. The lowest BCUT2D eigenvalue weighted by molar-refractivity contribution is 0.102. The van der Waals surface area contributed by atoms with E-state index < -0.39 is 0 Å². The lowest BCUT2D eigenvalue weighted by Gasteiger charge is -2.18. The molecule has 3 rings (SSSR count). The summed E-state index contributed by atoms with van der Waals surface area (Å²) < 4.78 is 11.0. The second-order valence-corrected chi connectivity index (χ2v) is 5.26. The van der Waals surface area contributed by atoms with Crippen LogP contribution in [0.25, 0.3) is 0 Å². The lowest BCUT2D eigenvalue weighted by Crippen LogP contribution is -2.17. The summed E-state index contributed by atoms with van der Waals surface area (Å²) in [4.78, 5) is 12.3. The molecule has 1 N–H and O–H groups in total. The molecule has 2 aromatic carbocycles. The summed E-state index contributed by atoms with van der Waals surface area (Å²) in [5.41, 5.74) is 2.63. The summed E-state index contributed by atoms with van der Waals surface area (Å²) in [6, 6.07) is 13.2. The maximum absolute atomic E-state index is 12.3. The van der Waals surface area contributed by atoms with Crippen LogP contribution in [0.1, 0.15) is 29.3 Å². The van der Waals surface area contributed by atoms with Gasteiger partial charge < -0.3 is 14.8 Å². The van der Waals surface area contributed by atoms with Gasteiger partial charge in [0.1, 0.15) is 13.2 Å². The number of benzene rings is 2. The number of hydrogen-bond acceptors (Lipinski definition) is 3. The highest BCUT2D eigenvalue weighted by Crippen LogP contribution is 2.30. The molecule has 0 aromatic heterocycles. The van der Waals surface area contributed by atoms with E-state index in [2.05, 4.69) is 12.2 Å². The van der Waals surface area contributed by atoms with Crippen molar-refractivity contribution in [1.29, 1.82) is 0 Å². The molecule has 1 heterocycles. The number of carbonyl (C=O) groups excluding carboxylic acids is 1. The Morgan fingerprint density at radius 1 is 1.05 bits per heavy atom. The molecule has 0 fully saturated rings. The Balaban J connectivity index is 1.71. The summed E-state index contributed by atoms with van der Waals surface area (Å²) in [7, 11) is 0. The van der Waals surface area contributed by atoms with Gasteiger partial charge in [-0.2, -0.15) is 0 Å². The number of ether oxygens (including phenoxy) is 2. The average Bonchev–Trinajstić information content (AvgIpc) is 2.56. The Kier molecular flexibility index (Phi) is 4.28. The predicted molar refractivity (Wildman–Crippen MR) is 85.8 cm³/mol. The van der Waals surface area contributed by atoms with Crippen molar-refractivity contribution in [3.05, 3.63) is 53.6 Å². The molecule has 1 amide bonds. The molecular formula is C18H19NO3. The SMILES string of the molecule is CCCc1ccc(NC(=O)c2ccc3c(c2)OCCO3)cc1. The fourth-order valence-electron chi connectivity index (χ4n) is 2.43. The number of aryl methyl sites for hydroxylation is 1. The Morgan fingerprint density at radius 2 is 1.77 bits per heavy atom. The van der Waals surface area contributed by atoms with Crippen molar-refractivity contribution in [1.82, 2.24) is 0 Å². The summed E-state index contributed by atoms with van der Waals surface area (Å²) in [6.07, 6.45) is 2.17. The third-order valence-corrected chi connectivity index (χ3v) is 3.55. The quantitative estimate of drug-likeness (QED) is 0.936. The highest BCUT2D eigenvalue weighted by Gasteiger charge is 2.15.